The fourth-order valence-corrected chi connectivity index (χ4v) is 2.24. The number of anilines is 1. The highest BCUT2D eigenvalue weighted by Crippen LogP contribution is 2.29. The number of hydrogen-bond donors (Lipinski definition) is 2. The quantitative estimate of drug-likeness (QED) is 0.865. The minimum atomic E-state index is -4.53. The smallest absolute Gasteiger partial charge is 0.343 e. The molecule has 2 rings (SSSR count). The molecular weight excluding hydrogens is 333 g/mol. The minimum absolute atomic E-state index is 0.156. The summed E-state index contributed by atoms with van der Waals surface area (Å²) in [7, 11) is 0. The number of carbonyl (C=O) groups is 2. The van der Waals surface area contributed by atoms with Crippen LogP contribution in [0.3, 0.4) is 0 Å². The Hall–Kier alpha value is -2.83. The Kier molecular flexibility index (Phi) is 5.80. The van der Waals surface area contributed by atoms with E-state index in [0.29, 0.717) is 5.69 Å². The predicted octanol–water partition coefficient (Wildman–Crippen LogP) is 3.64. The highest BCUT2D eigenvalue weighted by atomic mass is 19.4. The molecule has 0 bridgehead atoms. The normalized spacial score (nSPS) is 11.0. The SMILES string of the molecule is CCc1ccccc1NC(=O)CNC(=O)c1cccc(C(F)(F)F)c1. The van der Waals surface area contributed by atoms with Gasteiger partial charge in [-0.3, -0.25) is 9.59 Å². The first-order valence-electron chi connectivity index (χ1n) is 7.64. The first-order valence-corrected chi connectivity index (χ1v) is 7.64. The summed E-state index contributed by atoms with van der Waals surface area (Å²) in [5.74, 6) is -1.20. The molecule has 132 valence electrons. The molecule has 0 unspecified atom stereocenters. The van der Waals surface area contributed by atoms with E-state index in [0.717, 1.165) is 30.2 Å². The van der Waals surface area contributed by atoms with Crippen molar-refractivity contribution in [2.45, 2.75) is 19.5 Å². The van der Waals surface area contributed by atoms with Crippen LogP contribution >= 0.6 is 0 Å². The third kappa shape index (κ3) is 5.07. The van der Waals surface area contributed by atoms with Crippen LogP contribution in [0.15, 0.2) is 48.5 Å². The van der Waals surface area contributed by atoms with Crippen LogP contribution in [0, 0.1) is 0 Å². The standard InChI is InChI=1S/C18H17F3N2O2/c1-2-12-6-3-4-9-15(12)23-16(24)11-22-17(25)13-7-5-8-14(10-13)18(19,20)21/h3-10H,2,11H2,1H3,(H,22,25)(H,23,24). The second-order valence-corrected chi connectivity index (χ2v) is 5.32. The Morgan fingerprint density at radius 3 is 2.44 bits per heavy atom. The number of amides is 2. The molecule has 0 radical (unpaired) electrons. The maximum absolute atomic E-state index is 12.7. The molecule has 0 aliphatic rings. The van der Waals surface area contributed by atoms with Crippen LogP contribution < -0.4 is 10.6 Å². The maximum atomic E-state index is 12.7. The summed E-state index contributed by atoms with van der Waals surface area (Å²) in [6.07, 6.45) is -3.80. The van der Waals surface area contributed by atoms with Gasteiger partial charge in [-0.2, -0.15) is 13.2 Å². The summed E-state index contributed by atoms with van der Waals surface area (Å²) < 4.78 is 38.0. The van der Waals surface area contributed by atoms with Crippen LogP contribution in [0.4, 0.5) is 18.9 Å². The van der Waals surface area contributed by atoms with Crippen LogP contribution in [0.2, 0.25) is 0 Å². The van der Waals surface area contributed by atoms with Crippen molar-refractivity contribution in [2.75, 3.05) is 11.9 Å². The lowest BCUT2D eigenvalue weighted by Crippen LogP contribution is -2.33. The molecule has 4 nitrogen and oxygen atoms in total. The van der Waals surface area contributed by atoms with Crippen molar-refractivity contribution < 1.29 is 22.8 Å². The number of benzene rings is 2. The van der Waals surface area contributed by atoms with Gasteiger partial charge in [0.25, 0.3) is 5.91 Å². The molecule has 7 heteroatoms. The number of nitrogens with one attached hydrogen (secondary N) is 2. The largest absolute Gasteiger partial charge is 0.416 e. The second-order valence-electron chi connectivity index (χ2n) is 5.32. The molecule has 0 aliphatic carbocycles. The van der Waals surface area contributed by atoms with Gasteiger partial charge in [0.2, 0.25) is 5.91 Å². The zero-order valence-corrected chi connectivity index (χ0v) is 13.5. The van der Waals surface area contributed by atoms with Crippen molar-refractivity contribution in [3.8, 4) is 0 Å². The Balaban J connectivity index is 1.97. The summed E-state index contributed by atoms with van der Waals surface area (Å²) in [4.78, 5) is 23.9. The third-order valence-corrected chi connectivity index (χ3v) is 3.53. The fourth-order valence-electron chi connectivity index (χ4n) is 2.24. The molecular formula is C18H17F3N2O2. The van der Waals surface area contributed by atoms with Gasteiger partial charge >= 0.3 is 6.18 Å². The Bertz CT molecular complexity index is 773. The number of rotatable bonds is 5. The zero-order valence-electron chi connectivity index (χ0n) is 13.5. The molecule has 0 atom stereocenters. The average Bonchev–Trinajstić information content (AvgIpc) is 2.59. The lowest BCUT2D eigenvalue weighted by Gasteiger charge is -2.11. The van der Waals surface area contributed by atoms with E-state index in [1.54, 1.807) is 12.1 Å². The van der Waals surface area contributed by atoms with Crippen LogP contribution in [-0.2, 0) is 17.4 Å². The summed E-state index contributed by atoms with van der Waals surface area (Å²) in [6.45, 7) is 1.60. The van der Waals surface area contributed by atoms with Gasteiger partial charge in [-0.15, -0.1) is 0 Å². The van der Waals surface area contributed by atoms with E-state index in [-0.39, 0.29) is 12.1 Å². The number of halogens is 3. The van der Waals surface area contributed by atoms with Gasteiger partial charge < -0.3 is 10.6 Å². The Labute approximate surface area is 143 Å². The van der Waals surface area contributed by atoms with E-state index in [1.807, 2.05) is 19.1 Å². The van der Waals surface area contributed by atoms with E-state index in [4.69, 9.17) is 0 Å². The third-order valence-electron chi connectivity index (χ3n) is 3.53. The van der Waals surface area contributed by atoms with Gasteiger partial charge in [-0.25, -0.2) is 0 Å². The molecule has 2 aromatic carbocycles. The van der Waals surface area contributed by atoms with Gasteiger partial charge in [-0.05, 0) is 36.2 Å². The first-order chi connectivity index (χ1) is 11.8. The molecule has 0 saturated heterocycles. The molecule has 0 fully saturated rings. The summed E-state index contributed by atoms with van der Waals surface area (Å²) >= 11 is 0. The van der Waals surface area contributed by atoms with E-state index in [9.17, 15) is 22.8 Å². The van der Waals surface area contributed by atoms with Crippen molar-refractivity contribution in [1.29, 1.82) is 0 Å². The van der Waals surface area contributed by atoms with E-state index in [2.05, 4.69) is 10.6 Å². The van der Waals surface area contributed by atoms with Gasteiger partial charge in [-0.1, -0.05) is 31.2 Å². The topological polar surface area (TPSA) is 58.2 Å². The maximum Gasteiger partial charge on any atom is 0.416 e. The van der Waals surface area contributed by atoms with E-state index >= 15 is 0 Å². The molecule has 2 N–H and O–H groups in total. The van der Waals surface area contributed by atoms with Crippen LogP contribution in [-0.4, -0.2) is 18.4 Å². The molecule has 0 aliphatic heterocycles. The average molecular weight is 350 g/mol. The second kappa shape index (κ2) is 7.83. The molecule has 0 heterocycles. The van der Waals surface area contributed by atoms with E-state index < -0.39 is 23.6 Å². The van der Waals surface area contributed by atoms with Crippen LogP contribution in [0.25, 0.3) is 0 Å². The Morgan fingerprint density at radius 2 is 1.76 bits per heavy atom. The zero-order chi connectivity index (χ0) is 18.4. The van der Waals surface area contributed by atoms with Gasteiger partial charge in [0.05, 0.1) is 12.1 Å². The van der Waals surface area contributed by atoms with Crippen molar-refractivity contribution in [3.63, 3.8) is 0 Å². The number of hydrogen-bond acceptors (Lipinski definition) is 2. The van der Waals surface area contributed by atoms with Crippen molar-refractivity contribution >= 4 is 17.5 Å². The molecule has 2 amide bonds. The molecule has 0 spiro atoms. The van der Waals surface area contributed by atoms with Gasteiger partial charge in [0.15, 0.2) is 0 Å². The molecule has 0 aromatic heterocycles. The summed E-state index contributed by atoms with van der Waals surface area (Å²) in [6, 6.07) is 11.3. The lowest BCUT2D eigenvalue weighted by molar-refractivity contribution is -0.137. The molecule has 0 saturated carbocycles. The molecule has 25 heavy (non-hydrogen) atoms. The lowest BCUT2D eigenvalue weighted by atomic mass is 10.1. The summed E-state index contributed by atoms with van der Waals surface area (Å²) in [5.41, 5.74) is 0.515. The summed E-state index contributed by atoms with van der Waals surface area (Å²) in [5, 5.41) is 4.99. The number of para-hydroxylation sites is 1. The minimum Gasteiger partial charge on any atom is -0.343 e. The Morgan fingerprint density at radius 1 is 1.04 bits per heavy atom. The van der Waals surface area contributed by atoms with Crippen molar-refractivity contribution in [1.82, 2.24) is 5.32 Å². The molecule has 2 aromatic rings. The van der Waals surface area contributed by atoms with E-state index in [1.165, 1.54) is 6.07 Å². The predicted molar refractivity (Wildman–Crippen MR) is 88.2 cm³/mol. The number of alkyl halides is 3. The number of carbonyl (C=O) groups excluding carboxylic acids is 2. The van der Waals surface area contributed by atoms with Crippen molar-refractivity contribution in [3.05, 3.63) is 65.2 Å². The highest BCUT2D eigenvalue weighted by molar-refractivity contribution is 5.99. The first kappa shape index (κ1) is 18.5. The number of aryl methyl sites for hydroxylation is 1. The van der Waals surface area contributed by atoms with Gasteiger partial charge in [0.1, 0.15) is 0 Å². The van der Waals surface area contributed by atoms with Crippen LogP contribution in [0.1, 0.15) is 28.4 Å². The van der Waals surface area contributed by atoms with Crippen molar-refractivity contribution in [2.24, 2.45) is 0 Å². The monoisotopic (exact) mass is 350 g/mol. The fraction of sp³-hybridized carbons (Fsp3) is 0.222. The van der Waals surface area contributed by atoms with Crippen LogP contribution in [0.5, 0.6) is 0 Å². The van der Waals surface area contributed by atoms with Gasteiger partial charge in [0, 0.05) is 11.3 Å². The highest BCUT2D eigenvalue weighted by Gasteiger charge is 2.30.